The Labute approximate surface area is 163 Å². The first-order valence-corrected chi connectivity index (χ1v) is 10.3. The van der Waals surface area contributed by atoms with Crippen LogP contribution in [0.4, 0.5) is 0 Å². The van der Waals surface area contributed by atoms with Crippen LogP contribution < -0.4 is 0 Å². The van der Waals surface area contributed by atoms with Crippen molar-refractivity contribution < 1.29 is 9.59 Å². The van der Waals surface area contributed by atoms with Gasteiger partial charge in [-0.3, -0.25) is 9.59 Å². The maximum Gasteiger partial charge on any atom is 0.223 e. The van der Waals surface area contributed by atoms with Gasteiger partial charge in [-0.25, -0.2) is 0 Å². The van der Waals surface area contributed by atoms with Gasteiger partial charge >= 0.3 is 0 Å². The van der Waals surface area contributed by atoms with Crippen LogP contribution in [0.3, 0.4) is 0 Å². The summed E-state index contributed by atoms with van der Waals surface area (Å²) in [6.07, 6.45) is 5.67. The van der Waals surface area contributed by atoms with E-state index in [1.54, 1.807) is 6.08 Å². The Balaban J connectivity index is 1.82. The van der Waals surface area contributed by atoms with E-state index in [-0.39, 0.29) is 17.9 Å². The highest BCUT2D eigenvalue weighted by atomic mass is 16.2. The fraction of sp³-hybridized carbons (Fsp3) is 0.565. The molecule has 0 saturated carbocycles. The topological polar surface area (TPSA) is 40.6 Å². The summed E-state index contributed by atoms with van der Waals surface area (Å²) < 4.78 is 0. The molecular formula is C23H32N2O2. The van der Waals surface area contributed by atoms with Gasteiger partial charge in [0.15, 0.2) is 0 Å². The maximum absolute atomic E-state index is 12.9. The zero-order valence-corrected chi connectivity index (χ0v) is 16.7. The smallest absolute Gasteiger partial charge is 0.223 e. The molecule has 2 aliphatic rings. The van der Waals surface area contributed by atoms with Crippen LogP contribution in [0.1, 0.15) is 56.2 Å². The minimum absolute atomic E-state index is 0.0951. The molecule has 2 amide bonds. The van der Waals surface area contributed by atoms with E-state index >= 15 is 0 Å². The number of nitrogens with zero attached hydrogens (tertiary/aromatic N) is 2. The predicted molar refractivity (Wildman–Crippen MR) is 108 cm³/mol. The Hall–Kier alpha value is -2.10. The summed E-state index contributed by atoms with van der Waals surface area (Å²) in [6, 6.07) is 8.49. The monoisotopic (exact) mass is 368 g/mol. The third-order valence-electron chi connectivity index (χ3n) is 6.15. The number of likely N-dealkylation sites (tertiary alicyclic amines) is 2. The molecule has 2 fully saturated rings. The molecule has 2 aliphatic heterocycles. The normalized spacial score (nSPS) is 24.1. The highest BCUT2D eigenvalue weighted by Gasteiger charge is 2.49. The molecular weight excluding hydrogens is 336 g/mol. The molecule has 3 atom stereocenters. The number of allylic oxidation sites excluding steroid dienone is 1. The number of unbranched alkanes of at least 4 members (excludes halogenated alkanes) is 1. The summed E-state index contributed by atoms with van der Waals surface area (Å²) >= 11 is 0. The molecule has 2 heterocycles. The van der Waals surface area contributed by atoms with E-state index in [2.05, 4.69) is 43.5 Å². The molecule has 0 N–H and O–H groups in total. The number of aryl methyl sites for hydroxylation is 1. The first kappa shape index (κ1) is 19.7. The third kappa shape index (κ3) is 4.10. The molecule has 4 nitrogen and oxygen atoms in total. The van der Waals surface area contributed by atoms with Gasteiger partial charge in [-0.2, -0.15) is 0 Å². The number of rotatable bonds is 7. The molecule has 0 unspecified atom stereocenters. The average molecular weight is 369 g/mol. The summed E-state index contributed by atoms with van der Waals surface area (Å²) in [4.78, 5) is 29.5. The Morgan fingerprint density at radius 1 is 1.15 bits per heavy atom. The summed E-state index contributed by atoms with van der Waals surface area (Å²) in [5.74, 6) is 1.21. The predicted octanol–water partition coefficient (Wildman–Crippen LogP) is 4.11. The van der Waals surface area contributed by atoms with E-state index in [0.29, 0.717) is 24.7 Å². The Morgan fingerprint density at radius 3 is 2.63 bits per heavy atom. The SMILES string of the molecule is C=CCCC(=O)N1C[C@H]2CN(C(=O)CCCC)[C@H](c3ccccc3C)[C@H]2C1. The average Bonchev–Trinajstić information content (AvgIpc) is 3.23. The van der Waals surface area contributed by atoms with Crippen LogP contribution in [0.25, 0.3) is 0 Å². The summed E-state index contributed by atoms with van der Waals surface area (Å²) in [5.41, 5.74) is 2.48. The van der Waals surface area contributed by atoms with Gasteiger partial charge in [0, 0.05) is 44.3 Å². The van der Waals surface area contributed by atoms with Crippen molar-refractivity contribution in [3.63, 3.8) is 0 Å². The van der Waals surface area contributed by atoms with Crippen molar-refractivity contribution >= 4 is 11.8 Å². The van der Waals surface area contributed by atoms with E-state index in [4.69, 9.17) is 0 Å². The van der Waals surface area contributed by atoms with Crippen molar-refractivity contribution in [2.45, 2.75) is 52.0 Å². The summed E-state index contributed by atoms with van der Waals surface area (Å²) in [7, 11) is 0. The standard InChI is InChI=1S/C23H32N2O2/c1-4-6-12-21(26)24-14-18-15-25(22(27)13-7-5-2)23(20(18)16-24)19-11-9-8-10-17(19)3/h4,8-11,18,20,23H,1,5-7,12-16H2,2-3H3/t18-,20-,23+/m0/s1. The van der Waals surface area contributed by atoms with Crippen molar-refractivity contribution in [2.75, 3.05) is 19.6 Å². The van der Waals surface area contributed by atoms with Crippen molar-refractivity contribution in [2.24, 2.45) is 11.8 Å². The van der Waals surface area contributed by atoms with Crippen LogP contribution in [0.15, 0.2) is 36.9 Å². The lowest BCUT2D eigenvalue weighted by Gasteiger charge is -2.31. The lowest BCUT2D eigenvalue weighted by Crippen LogP contribution is -2.37. The molecule has 3 rings (SSSR count). The molecule has 1 aromatic carbocycles. The summed E-state index contributed by atoms with van der Waals surface area (Å²) in [6.45, 7) is 10.3. The van der Waals surface area contributed by atoms with Gasteiger partial charge in [0.05, 0.1) is 6.04 Å². The lowest BCUT2D eigenvalue weighted by molar-refractivity contribution is -0.133. The first-order chi connectivity index (χ1) is 13.1. The van der Waals surface area contributed by atoms with Gasteiger partial charge in [0.25, 0.3) is 0 Å². The third-order valence-corrected chi connectivity index (χ3v) is 6.15. The Bertz CT molecular complexity index is 699. The molecule has 146 valence electrons. The Morgan fingerprint density at radius 2 is 1.93 bits per heavy atom. The maximum atomic E-state index is 12.9. The van der Waals surface area contributed by atoms with E-state index < -0.39 is 0 Å². The molecule has 0 aromatic heterocycles. The lowest BCUT2D eigenvalue weighted by atomic mass is 9.87. The fourth-order valence-electron chi connectivity index (χ4n) is 4.68. The van der Waals surface area contributed by atoms with Crippen LogP contribution in [0.5, 0.6) is 0 Å². The zero-order chi connectivity index (χ0) is 19.4. The number of hydrogen-bond donors (Lipinski definition) is 0. The molecule has 0 aliphatic carbocycles. The second-order valence-corrected chi connectivity index (χ2v) is 8.00. The van der Waals surface area contributed by atoms with Crippen LogP contribution in [-0.2, 0) is 9.59 Å². The van der Waals surface area contributed by atoms with Crippen molar-refractivity contribution in [3.8, 4) is 0 Å². The second kappa shape index (κ2) is 8.73. The second-order valence-electron chi connectivity index (χ2n) is 8.00. The molecule has 0 spiro atoms. The number of fused-ring (bicyclic) bond motifs is 1. The molecule has 27 heavy (non-hydrogen) atoms. The van der Waals surface area contributed by atoms with Crippen molar-refractivity contribution in [1.29, 1.82) is 0 Å². The van der Waals surface area contributed by atoms with E-state index in [1.165, 1.54) is 11.1 Å². The molecule has 0 bridgehead atoms. The van der Waals surface area contributed by atoms with E-state index in [1.807, 2.05) is 11.0 Å². The van der Waals surface area contributed by atoms with Gasteiger partial charge in [-0.05, 0) is 30.9 Å². The first-order valence-electron chi connectivity index (χ1n) is 10.3. The van der Waals surface area contributed by atoms with Crippen LogP contribution in [0.2, 0.25) is 0 Å². The number of carbonyl (C=O) groups excluding carboxylic acids is 2. The van der Waals surface area contributed by atoms with Gasteiger partial charge in [0.1, 0.15) is 0 Å². The van der Waals surface area contributed by atoms with Gasteiger partial charge in [-0.15, -0.1) is 6.58 Å². The highest BCUT2D eigenvalue weighted by molar-refractivity contribution is 5.78. The number of hydrogen-bond acceptors (Lipinski definition) is 2. The highest BCUT2D eigenvalue weighted by Crippen LogP contribution is 2.46. The van der Waals surface area contributed by atoms with Crippen molar-refractivity contribution in [3.05, 3.63) is 48.0 Å². The van der Waals surface area contributed by atoms with E-state index in [9.17, 15) is 9.59 Å². The van der Waals surface area contributed by atoms with Gasteiger partial charge in [-0.1, -0.05) is 43.7 Å². The molecule has 0 radical (unpaired) electrons. The minimum atomic E-state index is 0.0951. The molecule has 1 aromatic rings. The number of carbonyl (C=O) groups is 2. The van der Waals surface area contributed by atoms with Crippen LogP contribution in [-0.4, -0.2) is 41.2 Å². The van der Waals surface area contributed by atoms with Crippen molar-refractivity contribution in [1.82, 2.24) is 9.80 Å². The number of amides is 2. The number of benzene rings is 1. The quantitative estimate of drug-likeness (QED) is 0.680. The van der Waals surface area contributed by atoms with E-state index in [0.717, 1.165) is 38.9 Å². The van der Waals surface area contributed by atoms with Gasteiger partial charge in [0.2, 0.25) is 11.8 Å². The minimum Gasteiger partial charge on any atom is -0.342 e. The molecule has 2 saturated heterocycles. The summed E-state index contributed by atoms with van der Waals surface area (Å²) in [5, 5.41) is 0. The van der Waals surface area contributed by atoms with Crippen LogP contribution >= 0.6 is 0 Å². The Kier molecular flexibility index (Phi) is 6.35. The van der Waals surface area contributed by atoms with Crippen LogP contribution in [0, 0.1) is 18.8 Å². The zero-order valence-electron chi connectivity index (χ0n) is 16.7. The molecule has 4 heteroatoms. The fourth-order valence-corrected chi connectivity index (χ4v) is 4.68. The largest absolute Gasteiger partial charge is 0.342 e. The van der Waals surface area contributed by atoms with Gasteiger partial charge < -0.3 is 9.80 Å².